The molecule has 8 heteroatoms. The van der Waals surface area contributed by atoms with E-state index in [9.17, 15) is 14.7 Å². The molecule has 1 saturated heterocycles. The fourth-order valence-corrected chi connectivity index (χ4v) is 5.80. The fourth-order valence-electron chi connectivity index (χ4n) is 5.68. The summed E-state index contributed by atoms with van der Waals surface area (Å²) in [5.74, 6) is -0.918. The Balaban J connectivity index is 1.47. The largest absolute Gasteiger partial charge is 0.477 e. The minimum Gasteiger partial charge on any atom is -0.477 e. The number of amides is 1. The first-order valence-corrected chi connectivity index (χ1v) is 13.9. The number of hydrogen-bond acceptors (Lipinski definition) is 5. The lowest BCUT2D eigenvalue weighted by Gasteiger charge is -2.45. The van der Waals surface area contributed by atoms with Gasteiger partial charge in [-0.1, -0.05) is 50.6 Å². The van der Waals surface area contributed by atoms with Gasteiger partial charge in [0, 0.05) is 45.9 Å². The number of carboxylic acid groups (broad SMARTS) is 1. The molecule has 4 aromatic rings. The first-order valence-electron chi connectivity index (χ1n) is 13.5. The Labute approximate surface area is 239 Å². The molecule has 0 saturated carbocycles. The number of nitrogens with zero attached hydrogens (tertiary/aromatic N) is 3. The van der Waals surface area contributed by atoms with Crippen LogP contribution in [0.15, 0.2) is 52.9 Å². The van der Waals surface area contributed by atoms with E-state index in [1.807, 2.05) is 62.1 Å². The zero-order valence-electron chi connectivity index (χ0n) is 23.7. The van der Waals surface area contributed by atoms with Crippen LogP contribution in [0.5, 0.6) is 0 Å². The number of piperidine rings is 1. The van der Waals surface area contributed by atoms with Gasteiger partial charge in [0.2, 0.25) is 0 Å². The number of furan rings is 1. The van der Waals surface area contributed by atoms with Gasteiger partial charge in [0.25, 0.3) is 5.91 Å². The molecule has 1 amide bonds. The Morgan fingerprint density at radius 3 is 2.40 bits per heavy atom. The maximum Gasteiger partial charge on any atom is 0.354 e. The van der Waals surface area contributed by atoms with Crippen molar-refractivity contribution < 1.29 is 19.1 Å². The van der Waals surface area contributed by atoms with Crippen molar-refractivity contribution in [3.63, 3.8) is 0 Å². The van der Waals surface area contributed by atoms with Crippen molar-refractivity contribution in [1.29, 1.82) is 0 Å². The summed E-state index contributed by atoms with van der Waals surface area (Å²) in [4.78, 5) is 36.6. The molecule has 5 rings (SSSR count). The topological polar surface area (TPSA) is 96.5 Å². The molecule has 1 aromatic carbocycles. The number of carboxylic acids is 1. The normalized spacial score (nSPS) is 17.3. The number of likely N-dealkylation sites (tertiary alicyclic amines) is 1. The van der Waals surface area contributed by atoms with Gasteiger partial charge in [0.1, 0.15) is 11.2 Å². The van der Waals surface area contributed by atoms with Crippen LogP contribution in [-0.4, -0.2) is 43.9 Å². The van der Waals surface area contributed by atoms with Crippen molar-refractivity contribution in [3.05, 3.63) is 81.8 Å². The van der Waals surface area contributed by atoms with Crippen LogP contribution < -0.4 is 0 Å². The highest BCUT2D eigenvalue weighted by Crippen LogP contribution is 2.40. The van der Waals surface area contributed by atoms with Crippen molar-refractivity contribution in [1.82, 2.24) is 14.9 Å². The van der Waals surface area contributed by atoms with Crippen molar-refractivity contribution in [2.75, 3.05) is 6.54 Å². The molecule has 0 spiro atoms. The lowest BCUT2D eigenvalue weighted by atomic mass is 9.79. The molecule has 0 aliphatic carbocycles. The number of hydrogen-bond donors (Lipinski definition) is 1. The third kappa shape index (κ3) is 5.22. The second-order valence-electron chi connectivity index (χ2n) is 12.3. The number of fused-ring (bicyclic) bond motifs is 1. The fraction of sp³-hybridized carbons (Fsp3) is 0.375. The number of carbonyl (C=O) groups is 2. The second-order valence-corrected chi connectivity index (χ2v) is 12.7. The van der Waals surface area contributed by atoms with Gasteiger partial charge in [-0.25, -0.2) is 14.8 Å². The zero-order chi connectivity index (χ0) is 29.0. The zero-order valence-corrected chi connectivity index (χ0v) is 24.5. The van der Waals surface area contributed by atoms with Crippen LogP contribution in [0.3, 0.4) is 0 Å². The summed E-state index contributed by atoms with van der Waals surface area (Å²) in [6.07, 6.45) is 1.33. The van der Waals surface area contributed by atoms with E-state index >= 15 is 0 Å². The number of aryl methyl sites for hydroxylation is 1. The molecule has 1 fully saturated rings. The van der Waals surface area contributed by atoms with E-state index in [0.29, 0.717) is 35.5 Å². The minimum atomic E-state index is -1.04. The highest BCUT2D eigenvalue weighted by molar-refractivity contribution is 6.30. The number of aromatic nitrogens is 2. The van der Waals surface area contributed by atoms with Crippen molar-refractivity contribution >= 4 is 34.6 Å². The van der Waals surface area contributed by atoms with E-state index in [1.54, 1.807) is 6.07 Å². The van der Waals surface area contributed by atoms with E-state index in [-0.39, 0.29) is 28.7 Å². The predicted molar refractivity (Wildman–Crippen MR) is 156 cm³/mol. The Kier molecular flexibility index (Phi) is 6.99. The molecule has 40 heavy (non-hydrogen) atoms. The van der Waals surface area contributed by atoms with Gasteiger partial charge < -0.3 is 14.4 Å². The SMILES string of the molecule is Cc1ccc(C(=O)O)nc1C1CCN(C(=O)c2cc3nc(-c4ccc(Cl)cc4)cc(C(C)(C)C)c3o2)C(C)(C)C1. The molecule has 3 aromatic heterocycles. The van der Waals surface area contributed by atoms with Gasteiger partial charge in [0.05, 0.1) is 5.69 Å². The third-order valence-corrected chi connectivity index (χ3v) is 8.05. The van der Waals surface area contributed by atoms with Gasteiger partial charge in [-0.3, -0.25) is 4.79 Å². The Morgan fingerprint density at radius 1 is 1.07 bits per heavy atom. The molecular weight excluding hydrogens is 526 g/mol. The molecule has 7 nitrogen and oxygen atoms in total. The molecule has 1 unspecified atom stereocenters. The summed E-state index contributed by atoms with van der Waals surface area (Å²) in [6.45, 7) is 12.9. The van der Waals surface area contributed by atoms with Crippen LogP contribution in [0.4, 0.5) is 0 Å². The average molecular weight is 560 g/mol. The Bertz CT molecular complexity index is 1620. The van der Waals surface area contributed by atoms with E-state index in [1.165, 1.54) is 6.07 Å². The van der Waals surface area contributed by atoms with Crippen LogP contribution in [0, 0.1) is 6.92 Å². The van der Waals surface area contributed by atoms with Crippen LogP contribution in [-0.2, 0) is 5.41 Å². The Hall–Kier alpha value is -3.71. The summed E-state index contributed by atoms with van der Waals surface area (Å²) in [6, 6.07) is 14.7. The molecule has 208 valence electrons. The van der Waals surface area contributed by atoms with Gasteiger partial charge >= 0.3 is 5.97 Å². The molecule has 1 atom stereocenters. The van der Waals surface area contributed by atoms with E-state index in [2.05, 4.69) is 25.8 Å². The van der Waals surface area contributed by atoms with Crippen molar-refractivity contribution in [2.24, 2.45) is 0 Å². The summed E-state index contributed by atoms with van der Waals surface area (Å²) in [5, 5.41) is 10.1. The first-order chi connectivity index (χ1) is 18.7. The highest BCUT2D eigenvalue weighted by atomic mass is 35.5. The monoisotopic (exact) mass is 559 g/mol. The van der Waals surface area contributed by atoms with Crippen molar-refractivity contribution in [2.45, 2.75) is 71.3 Å². The van der Waals surface area contributed by atoms with Gasteiger partial charge in [0.15, 0.2) is 11.3 Å². The van der Waals surface area contributed by atoms with E-state index in [4.69, 9.17) is 21.0 Å². The van der Waals surface area contributed by atoms with Gasteiger partial charge in [-0.05, 0) is 68.9 Å². The lowest BCUT2D eigenvalue weighted by molar-refractivity contribution is 0.0363. The summed E-state index contributed by atoms with van der Waals surface area (Å²) >= 11 is 6.10. The third-order valence-electron chi connectivity index (χ3n) is 7.80. The number of rotatable bonds is 4. The number of halogens is 1. The maximum atomic E-state index is 13.9. The van der Waals surface area contributed by atoms with E-state index in [0.717, 1.165) is 28.1 Å². The van der Waals surface area contributed by atoms with Crippen LogP contribution in [0.1, 0.15) is 91.2 Å². The molecule has 1 N–H and O–H groups in total. The Morgan fingerprint density at radius 2 is 1.77 bits per heavy atom. The molecule has 0 bridgehead atoms. The summed E-state index contributed by atoms with van der Waals surface area (Å²) < 4.78 is 6.26. The summed E-state index contributed by atoms with van der Waals surface area (Å²) in [7, 11) is 0. The maximum absolute atomic E-state index is 13.9. The molecule has 0 radical (unpaired) electrons. The lowest BCUT2D eigenvalue weighted by Crippen LogP contribution is -2.52. The minimum absolute atomic E-state index is 0.0410. The van der Waals surface area contributed by atoms with Gasteiger partial charge in [-0.15, -0.1) is 0 Å². The highest BCUT2D eigenvalue weighted by Gasteiger charge is 2.40. The first kappa shape index (κ1) is 27.8. The number of benzene rings is 1. The van der Waals surface area contributed by atoms with Crippen LogP contribution in [0.25, 0.3) is 22.4 Å². The molecule has 4 heterocycles. The number of carbonyl (C=O) groups excluding carboxylic acids is 1. The van der Waals surface area contributed by atoms with Gasteiger partial charge in [-0.2, -0.15) is 0 Å². The predicted octanol–water partition coefficient (Wildman–Crippen LogP) is 7.65. The second kappa shape index (κ2) is 10.0. The molecule has 1 aliphatic heterocycles. The average Bonchev–Trinajstić information content (AvgIpc) is 3.31. The van der Waals surface area contributed by atoms with Crippen molar-refractivity contribution in [3.8, 4) is 11.3 Å². The quantitative estimate of drug-likeness (QED) is 0.276. The standard InChI is InChI=1S/C32H34ClN3O4/c1-18-7-12-23(30(38)39)35-27(18)20-13-14-36(32(5,6)17-20)29(37)26-16-25-28(40-26)22(31(2,3)4)15-24(34-25)19-8-10-21(33)11-9-19/h7-12,15-16,20H,13-14,17H2,1-6H3,(H,38,39). The van der Waals surface area contributed by atoms with Crippen LogP contribution >= 0.6 is 11.6 Å². The summed E-state index contributed by atoms with van der Waals surface area (Å²) in [5.41, 5.74) is 5.00. The van der Waals surface area contributed by atoms with Crippen LogP contribution in [0.2, 0.25) is 5.02 Å². The van der Waals surface area contributed by atoms with E-state index < -0.39 is 11.5 Å². The smallest absolute Gasteiger partial charge is 0.354 e. The molecule has 1 aliphatic rings. The molecular formula is C32H34ClN3O4. The number of aromatic carboxylic acids is 1. The number of pyridine rings is 2.